The quantitative estimate of drug-likeness (QED) is 0.576. The summed E-state index contributed by atoms with van der Waals surface area (Å²) in [6, 6.07) is 14.3. The first-order valence-corrected chi connectivity index (χ1v) is 8.83. The van der Waals surface area contributed by atoms with Crippen LogP contribution in [0.3, 0.4) is 0 Å². The highest BCUT2D eigenvalue weighted by Gasteiger charge is 2.37. The van der Waals surface area contributed by atoms with Crippen LogP contribution in [0.4, 0.5) is 36.3 Å². The zero-order chi connectivity index (χ0) is 21.2. The summed E-state index contributed by atoms with van der Waals surface area (Å²) < 4.78 is 45.9. The molecule has 0 N–H and O–H groups in total. The molecule has 0 saturated heterocycles. The van der Waals surface area contributed by atoms with Crippen molar-refractivity contribution in [2.45, 2.75) is 13.1 Å². The molecule has 3 aromatic rings. The molecule has 0 saturated carbocycles. The van der Waals surface area contributed by atoms with Crippen molar-refractivity contribution in [3.05, 3.63) is 65.9 Å². The van der Waals surface area contributed by atoms with E-state index in [1.54, 1.807) is 62.5 Å². The van der Waals surface area contributed by atoms with Crippen molar-refractivity contribution in [3.8, 4) is 5.75 Å². The van der Waals surface area contributed by atoms with Gasteiger partial charge in [0.2, 0.25) is 5.95 Å². The van der Waals surface area contributed by atoms with Gasteiger partial charge < -0.3 is 14.5 Å². The predicted molar refractivity (Wildman–Crippen MR) is 107 cm³/mol. The first kappa shape index (κ1) is 20.4. The van der Waals surface area contributed by atoms with E-state index >= 15 is 0 Å². The number of aromatic nitrogens is 2. The van der Waals surface area contributed by atoms with Crippen LogP contribution < -0.4 is 14.5 Å². The Kier molecular flexibility index (Phi) is 5.63. The van der Waals surface area contributed by atoms with E-state index in [0.29, 0.717) is 11.4 Å². The van der Waals surface area contributed by atoms with E-state index in [1.165, 1.54) is 4.90 Å². The Bertz CT molecular complexity index is 973. The summed E-state index contributed by atoms with van der Waals surface area (Å²) in [5.74, 6) is 0.610. The zero-order valence-electron chi connectivity index (χ0n) is 16.5. The number of methoxy groups -OCH3 is 1. The summed E-state index contributed by atoms with van der Waals surface area (Å²) in [5, 5.41) is 0. The van der Waals surface area contributed by atoms with E-state index in [2.05, 4.69) is 9.97 Å². The molecular formula is C21H21F3N4O. The smallest absolute Gasteiger partial charge is 0.421 e. The van der Waals surface area contributed by atoms with Gasteiger partial charge in [-0.15, -0.1) is 0 Å². The van der Waals surface area contributed by atoms with Crippen molar-refractivity contribution in [2.75, 3.05) is 31.0 Å². The standard InChI is InChI=1S/C21H21F3N4O/c1-14-5-7-15(8-6-14)27(2)19-18(21(22,23)24)13-25-20(26-19)28(3)16-9-11-17(29-4)12-10-16/h5-13H,1-4H3. The van der Waals surface area contributed by atoms with Crippen LogP contribution in [-0.2, 0) is 6.18 Å². The highest BCUT2D eigenvalue weighted by atomic mass is 19.4. The number of hydrogen-bond donors (Lipinski definition) is 0. The van der Waals surface area contributed by atoms with Crippen LogP contribution in [0.25, 0.3) is 0 Å². The van der Waals surface area contributed by atoms with Crippen molar-refractivity contribution in [3.63, 3.8) is 0 Å². The third-order valence-electron chi connectivity index (χ3n) is 4.56. The molecule has 0 spiro atoms. The van der Waals surface area contributed by atoms with Crippen molar-refractivity contribution >= 4 is 23.1 Å². The number of benzene rings is 2. The van der Waals surface area contributed by atoms with Gasteiger partial charge in [0.25, 0.3) is 0 Å². The zero-order valence-corrected chi connectivity index (χ0v) is 16.5. The average Bonchev–Trinajstić information content (AvgIpc) is 2.72. The van der Waals surface area contributed by atoms with E-state index in [9.17, 15) is 13.2 Å². The topological polar surface area (TPSA) is 41.5 Å². The minimum atomic E-state index is -4.58. The van der Waals surface area contributed by atoms with Gasteiger partial charge in [-0.3, -0.25) is 0 Å². The molecule has 29 heavy (non-hydrogen) atoms. The molecule has 0 bridgehead atoms. The fourth-order valence-electron chi connectivity index (χ4n) is 2.79. The lowest BCUT2D eigenvalue weighted by Gasteiger charge is -2.25. The fourth-order valence-corrected chi connectivity index (χ4v) is 2.79. The Morgan fingerprint density at radius 2 is 1.41 bits per heavy atom. The third-order valence-corrected chi connectivity index (χ3v) is 4.56. The molecule has 5 nitrogen and oxygen atoms in total. The fraction of sp³-hybridized carbons (Fsp3) is 0.238. The minimum absolute atomic E-state index is 0.150. The number of ether oxygens (including phenoxy) is 1. The number of hydrogen-bond acceptors (Lipinski definition) is 5. The maximum atomic E-state index is 13.6. The van der Waals surface area contributed by atoms with Gasteiger partial charge in [-0.1, -0.05) is 17.7 Å². The first-order valence-electron chi connectivity index (χ1n) is 8.83. The molecule has 0 atom stereocenters. The summed E-state index contributed by atoms with van der Waals surface area (Å²) in [5.41, 5.74) is 1.43. The lowest BCUT2D eigenvalue weighted by Crippen LogP contribution is -2.21. The predicted octanol–water partition coefficient (Wildman–Crippen LogP) is 5.35. The third kappa shape index (κ3) is 4.42. The molecule has 0 radical (unpaired) electrons. The van der Waals surface area contributed by atoms with Crippen LogP contribution in [0.2, 0.25) is 0 Å². The van der Waals surface area contributed by atoms with Gasteiger partial charge >= 0.3 is 6.18 Å². The van der Waals surface area contributed by atoms with Gasteiger partial charge in [-0.2, -0.15) is 18.2 Å². The Morgan fingerprint density at radius 1 is 0.862 bits per heavy atom. The highest BCUT2D eigenvalue weighted by Crippen LogP contribution is 2.38. The van der Waals surface area contributed by atoms with E-state index in [4.69, 9.17) is 4.74 Å². The molecule has 0 unspecified atom stereocenters. The Morgan fingerprint density at radius 3 is 1.97 bits per heavy atom. The Labute approximate surface area is 167 Å². The van der Waals surface area contributed by atoms with Gasteiger partial charge in [-0.25, -0.2) is 4.98 Å². The van der Waals surface area contributed by atoms with Gasteiger partial charge in [0.15, 0.2) is 5.82 Å². The van der Waals surface area contributed by atoms with Crippen LogP contribution in [0, 0.1) is 6.92 Å². The summed E-state index contributed by atoms with van der Waals surface area (Å²) in [6.45, 7) is 1.91. The largest absolute Gasteiger partial charge is 0.497 e. The second-order valence-electron chi connectivity index (χ2n) is 6.56. The monoisotopic (exact) mass is 402 g/mol. The molecular weight excluding hydrogens is 381 g/mol. The van der Waals surface area contributed by atoms with Crippen molar-refractivity contribution in [1.29, 1.82) is 0 Å². The number of nitrogens with zero attached hydrogens (tertiary/aromatic N) is 4. The van der Waals surface area contributed by atoms with Crippen molar-refractivity contribution < 1.29 is 17.9 Å². The SMILES string of the molecule is COc1ccc(N(C)c2ncc(C(F)(F)F)c(N(C)c3ccc(C)cc3)n2)cc1. The average molecular weight is 402 g/mol. The maximum absolute atomic E-state index is 13.6. The molecule has 0 aliphatic heterocycles. The van der Waals surface area contributed by atoms with Crippen LogP contribution in [0.5, 0.6) is 5.75 Å². The van der Waals surface area contributed by atoms with E-state index < -0.39 is 11.7 Å². The first-order chi connectivity index (χ1) is 13.7. The van der Waals surface area contributed by atoms with E-state index in [0.717, 1.165) is 17.4 Å². The molecule has 2 aromatic carbocycles. The van der Waals surface area contributed by atoms with Gasteiger partial charge in [-0.05, 0) is 43.3 Å². The van der Waals surface area contributed by atoms with E-state index in [1.807, 2.05) is 19.1 Å². The number of alkyl halides is 3. The Hall–Kier alpha value is -3.29. The highest BCUT2D eigenvalue weighted by molar-refractivity contribution is 5.66. The number of anilines is 4. The lowest BCUT2D eigenvalue weighted by atomic mass is 10.2. The van der Waals surface area contributed by atoms with Crippen LogP contribution >= 0.6 is 0 Å². The van der Waals surface area contributed by atoms with Crippen LogP contribution in [0.15, 0.2) is 54.7 Å². The summed E-state index contributed by atoms with van der Waals surface area (Å²) in [6.07, 6.45) is -3.76. The van der Waals surface area contributed by atoms with Crippen molar-refractivity contribution in [2.24, 2.45) is 0 Å². The number of aryl methyl sites for hydroxylation is 1. The molecule has 0 aliphatic carbocycles. The van der Waals surface area contributed by atoms with Crippen molar-refractivity contribution in [1.82, 2.24) is 9.97 Å². The molecule has 0 amide bonds. The lowest BCUT2D eigenvalue weighted by molar-refractivity contribution is -0.137. The molecule has 3 rings (SSSR count). The molecule has 152 valence electrons. The minimum Gasteiger partial charge on any atom is -0.497 e. The van der Waals surface area contributed by atoms with Gasteiger partial charge in [0.05, 0.1) is 7.11 Å². The Balaban J connectivity index is 2.04. The summed E-state index contributed by atoms with van der Waals surface area (Å²) in [4.78, 5) is 11.2. The second kappa shape index (κ2) is 7.98. The molecule has 0 aliphatic rings. The molecule has 8 heteroatoms. The number of rotatable bonds is 5. The van der Waals surface area contributed by atoms with Crippen LogP contribution in [-0.4, -0.2) is 31.2 Å². The summed E-state index contributed by atoms with van der Waals surface area (Å²) >= 11 is 0. The summed E-state index contributed by atoms with van der Waals surface area (Å²) in [7, 11) is 4.81. The van der Waals surface area contributed by atoms with Crippen LogP contribution in [0.1, 0.15) is 11.1 Å². The van der Waals surface area contributed by atoms with Gasteiger partial charge in [0, 0.05) is 31.7 Å². The molecule has 0 fully saturated rings. The molecule has 1 aromatic heterocycles. The van der Waals surface area contributed by atoms with Gasteiger partial charge in [0.1, 0.15) is 11.3 Å². The maximum Gasteiger partial charge on any atom is 0.421 e. The number of halogens is 3. The van der Waals surface area contributed by atoms with E-state index in [-0.39, 0.29) is 11.8 Å². The molecule has 1 heterocycles. The normalized spacial score (nSPS) is 11.3. The second-order valence-corrected chi connectivity index (χ2v) is 6.56.